The summed E-state index contributed by atoms with van der Waals surface area (Å²) in [5.41, 5.74) is 0.959. The van der Waals surface area contributed by atoms with Gasteiger partial charge < -0.3 is 14.6 Å². The Labute approximate surface area is 115 Å². The van der Waals surface area contributed by atoms with Crippen LogP contribution in [0.15, 0.2) is 30.3 Å². The van der Waals surface area contributed by atoms with Gasteiger partial charge in [-0.15, -0.1) is 11.3 Å². The van der Waals surface area contributed by atoms with Crippen molar-refractivity contribution in [3.05, 3.63) is 45.6 Å². The van der Waals surface area contributed by atoms with E-state index in [-0.39, 0.29) is 4.88 Å². The van der Waals surface area contributed by atoms with Crippen LogP contribution in [0.4, 0.5) is 0 Å². The molecule has 0 aliphatic heterocycles. The zero-order valence-corrected chi connectivity index (χ0v) is 11.5. The predicted molar refractivity (Wildman–Crippen MR) is 73.3 cm³/mol. The van der Waals surface area contributed by atoms with Crippen molar-refractivity contribution in [2.24, 2.45) is 0 Å². The van der Waals surface area contributed by atoms with Crippen LogP contribution in [-0.2, 0) is 6.61 Å². The Morgan fingerprint density at radius 1 is 1.32 bits per heavy atom. The summed E-state index contributed by atoms with van der Waals surface area (Å²) in [7, 11) is 1.61. The number of carboxylic acid groups (broad SMARTS) is 1. The van der Waals surface area contributed by atoms with E-state index in [0.29, 0.717) is 12.4 Å². The highest BCUT2D eigenvalue weighted by atomic mass is 32.1. The molecule has 2 rings (SSSR count). The van der Waals surface area contributed by atoms with Gasteiger partial charge in [-0.25, -0.2) is 4.79 Å². The number of hydrogen-bond acceptors (Lipinski definition) is 4. The van der Waals surface area contributed by atoms with E-state index in [4.69, 9.17) is 14.6 Å². The lowest BCUT2D eigenvalue weighted by molar-refractivity contribution is 0.0697. The highest BCUT2D eigenvalue weighted by Crippen LogP contribution is 2.29. The van der Waals surface area contributed by atoms with E-state index in [1.54, 1.807) is 13.2 Å². The number of benzene rings is 1. The third kappa shape index (κ3) is 3.26. The fourth-order valence-electron chi connectivity index (χ4n) is 1.63. The SMILES string of the molecule is COc1ccc(COc2cc(C)sc2C(=O)O)cc1. The molecule has 0 radical (unpaired) electrons. The summed E-state index contributed by atoms with van der Waals surface area (Å²) in [6, 6.07) is 9.21. The molecule has 1 N–H and O–H groups in total. The van der Waals surface area contributed by atoms with Gasteiger partial charge in [-0.2, -0.15) is 0 Å². The molecular weight excluding hydrogens is 264 g/mol. The molecule has 0 unspecified atom stereocenters. The van der Waals surface area contributed by atoms with Crippen molar-refractivity contribution >= 4 is 17.3 Å². The standard InChI is InChI=1S/C14H14O4S/c1-9-7-12(13(19-9)14(15)16)18-8-10-3-5-11(17-2)6-4-10/h3-7H,8H2,1-2H3,(H,15,16). The van der Waals surface area contributed by atoms with Crippen LogP contribution in [0.2, 0.25) is 0 Å². The number of carboxylic acids is 1. The average molecular weight is 278 g/mol. The number of methoxy groups -OCH3 is 1. The molecule has 4 nitrogen and oxygen atoms in total. The van der Waals surface area contributed by atoms with Crippen molar-refractivity contribution in [3.63, 3.8) is 0 Å². The molecule has 0 aliphatic carbocycles. The second-order valence-electron chi connectivity index (χ2n) is 3.99. The summed E-state index contributed by atoms with van der Waals surface area (Å²) in [5, 5.41) is 9.06. The molecule has 100 valence electrons. The quantitative estimate of drug-likeness (QED) is 0.911. The number of rotatable bonds is 5. The zero-order valence-electron chi connectivity index (χ0n) is 10.7. The molecule has 0 spiro atoms. The number of hydrogen-bond donors (Lipinski definition) is 1. The third-order valence-corrected chi connectivity index (χ3v) is 3.59. The van der Waals surface area contributed by atoms with Gasteiger partial charge in [0.15, 0.2) is 4.88 Å². The van der Waals surface area contributed by atoms with E-state index in [9.17, 15) is 4.79 Å². The molecule has 1 heterocycles. The molecular formula is C14H14O4S. The van der Waals surface area contributed by atoms with Gasteiger partial charge >= 0.3 is 5.97 Å². The summed E-state index contributed by atoms with van der Waals surface area (Å²) in [4.78, 5) is 12.2. The lowest BCUT2D eigenvalue weighted by Gasteiger charge is -2.06. The number of ether oxygens (including phenoxy) is 2. The van der Waals surface area contributed by atoms with E-state index < -0.39 is 5.97 Å². The average Bonchev–Trinajstić information content (AvgIpc) is 2.78. The largest absolute Gasteiger partial charge is 0.497 e. The molecule has 1 aromatic heterocycles. The van der Waals surface area contributed by atoms with Gasteiger partial charge in [0, 0.05) is 4.88 Å². The van der Waals surface area contributed by atoms with Crippen LogP contribution in [0, 0.1) is 6.92 Å². The van der Waals surface area contributed by atoms with Gasteiger partial charge in [-0.1, -0.05) is 12.1 Å². The minimum atomic E-state index is -0.956. The Balaban J connectivity index is 2.07. The van der Waals surface area contributed by atoms with E-state index >= 15 is 0 Å². The third-order valence-electron chi connectivity index (χ3n) is 2.57. The molecule has 1 aromatic carbocycles. The Bertz CT molecular complexity index is 572. The minimum absolute atomic E-state index is 0.242. The van der Waals surface area contributed by atoms with Crippen molar-refractivity contribution in [2.75, 3.05) is 7.11 Å². The van der Waals surface area contributed by atoms with E-state index in [2.05, 4.69) is 0 Å². The minimum Gasteiger partial charge on any atom is -0.497 e. The van der Waals surface area contributed by atoms with Gasteiger partial charge in [-0.05, 0) is 30.7 Å². The van der Waals surface area contributed by atoms with Gasteiger partial charge in [0.2, 0.25) is 0 Å². The highest BCUT2D eigenvalue weighted by Gasteiger charge is 2.15. The fraction of sp³-hybridized carbons (Fsp3) is 0.214. The fourth-order valence-corrected chi connectivity index (χ4v) is 2.42. The van der Waals surface area contributed by atoms with Crippen LogP contribution >= 0.6 is 11.3 Å². The van der Waals surface area contributed by atoms with Crippen molar-refractivity contribution in [1.82, 2.24) is 0 Å². The number of aromatic carboxylic acids is 1. The second-order valence-corrected chi connectivity index (χ2v) is 5.25. The zero-order chi connectivity index (χ0) is 13.8. The summed E-state index contributed by atoms with van der Waals surface area (Å²) in [6.45, 7) is 2.19. The Morgan fingerprint density at radius 2 is 2.00 bits per heavy atom. The second kappa shape index (κ2) is 5.75. The first-order chi connectivity index (χ1) is 9.10. The first-order valence-corrected chi connectivity index (χ1v) is 6.51. The van der Waals surface area contributed by atoms with Crippen molar-refractivity contribution in [3.8, 4) is 11.5 Å². The Hall–Kier alpha value is -2.01. The van der Waals surface area contributed by atoms with Crippen LogP contribution in [0.25, 0.3) is 0 Å². The van der Waals surface area contributed by atoms with Gasteiger partial charge in [0.05, 0.1) is 7.11 Å². The van der Waals surface area contributed by atoms with Gasteiger partial charge in [0.1, 0.15) is 18.1 Å². The molecule has 5 heteroatoms. The molecule has 0 amide bonds. The number of carbonyl (C=O) groups is 1. The molecule has 0 atom stereocenters. The molecule has 19 heavy (non-hydrogen) atoms. The molecule has 2 aromatic rings. The van der Waals surface area contributed by atoms with E-state index in [1.807, 2.05) is 31.2 Å². The van der Waals surface area contributed by atoms with Gasteiger partial charge in [0.25, 0.3) is 0 Å². The van der Waals surface area contributed by atoms with Crippen LogP contribution in [0.3, 0.4) is 0 Å². The first kappa shape index (κ1) is 13.4. The molecule has 0 bridgehead atoms. The summed E-state index contributed by atoms with van der Waals surface area (Å²) in [5.74, 6) is 0.245. The molecule has 0 saturated heterocycles. The first-order valence-electron chi connectivity index (χ1n) is 5.69. The Morgan fingerprint density at radius 3 is 2.58 bits per heavy atom. The van der Waals surface area contributed by atoms with Crippen molar-refractivity contribution < 1.29 is 19.4 Å². The van der Waals surface area contributed by atoms with Crippen LogP contribution in [0.1, 0.15) is 20.1 Å². The van der Waals surface area contributed by atoms with Gasteiger partial charge in [-0.3, -0.25) is 0 Å². The molecule has 0 saturated carbocycles. The lowest BCUT2D eigenvalue weighted by Crippen LogP contribution is -2.00. The maximum atomic E-state index is 11.0. The number of aryl methyl sites for hydroxylation is 1. The lowest BCUT2D eigenvalue weighted by atomic mass is 10.2. The summed E-state index contributed by atoms with van der Waals surface area (Å²) >= 11 is 1.22. The van der Waals surface area contributed by atoms with Crippen molar-refractivity contribution in [1.29, 1.82) is 0 Å². The molecule has 0 fully saturated rings. The topological polar surface area (TPSA) is 55.8 Å². The summed E-state index contributed by atoms with van der Waals surface area (Å²) < 4.78 is 10.6. The summed E-state index contributed by atoms with van der Waals surface area (Å²) in [6.07, 6.45) is 0. The molecule has 0 aliphatic rings. The van der Waals surface area contributed by atoms with Crippen LogP contribution in [0.5, 0.6) is 11.5 Å². The van der Waals surface area contributed by atoms with E-state index in [1.165, 1.54) is 11.3 Å². The smallest absolute Gasteiger partial charge is 0.349 e. The monoisotopic (exact) mass is 278 g/mol. The van der Waals surface area contributed by atoms with Crippen LogP contribution in [-0.4, -0.2) is 18.2 Å². The van der Waals surface area contributed by atoms with Crippen LogP contribution < -0.4 is 9.47 Å². The normalized spacial score (nSPS) is 10.2. The van der Waals surface area contributed by atoms with Crippen molar-refractivity contribution in [2.45, 2.75) is 13.5 Å². The highest BCUT2D eigenvalue weighted by molar-refractivity contribution is 7.14. The van der Waals surface area contributed by atoms with E-state index in [0.717, 1.165) is 16.2 Å². The maximum absolute atomic E-state index is 11.0. The predicted octanol–water partition coefficient (Wildman–Crippen LogP) is 3.34. The Kier molecular flexibility index (Phi) is 4.06. The maximum Gasteiger partial charge on any atom is 0.349 e. The number of thiophene rings is 1.